The standard InChI is InChI=1S/C11H12F2N2/c1-8(6-14)15(2)7-9-5-10(12)3-4-11(9)13/h3-5,8H,7H2,1-2H3. The third kappa shape index (κ3) is 3.00. The molecule has 0 aliphatic heterocycles. The summed E-state index contributed by atoms with van der Waals surface area (Å²) < 4.78 is 26.1. The first-order valence-corrected chi connectivity index (χ1v) is 4.58. The Kier molecular flexibility index (Phi) is 3.75. The Morgan fingerprint density at radius 2 is 2.13 bits per heavy atom. The summed E-state index contributed by atoms with van der Waals surface area (Å²) >= 11 is 0. The fourth-order valence-corrected chi connectivity index (χ4v) is 1.17. The Morgan fingerprint density at radius 3 is 2.73 bits per heavy atom. The molecule has 15 heavy (non-hydrogen) atoms. The highest BCUT2D eigenvalue weighted by molar-refractivity contribution is 5.18. The van der Waals surface area contributed by atoms with Crippen molar-refractivity contribution < 1.29 is 8.78 Å². The molecule has 1 rings (SSSR count). The zero-order valence-electron chi connectivity index (χ0n) is 8.67. The maximum atomic E-state index is 13.2. The first-order valence-electron chi connectivity index (χ1n) is 4.58. The average molecular weight is 210 g/mol. The van der Waals surface area contributed by atoms with Crippen molar-refractivity contribution in [1.82, 2.24) is 4.90 Å². The van der Waals surface area contributed by atoms with Crippen LogP contribution in [0.4, 0.5) is 8.78 Å². The van der Waals surface area contributed by atoms with Gasteiger partial charge in [0.05, 0.1) is 12.1 Å². The highest BCUT2D eigenvalue weighted by atomic mass is 19.1. The van der Waals surface area contributed by atoms with Crippen molar-refractivity contribution in [2.45, 2.75) is 19.5 Å². The van der Waals surface area contributed by atoms with Gasteiger partial charge in [-0.25, -0.2) is 8.78 Å². The molecule has 0 radical (unpaired) electrons. The van der Waals surface area contributed by atoms with E-state index in [9.17, 15) is 8.78 Å². The minimum Gasteiger partial charge on any atom is -0.287 e. The van der Waals surface area contributed by atoms with Crippen LogP contribution in [0.3, 0.4) is 0 Å². The maximum Gasteiger partial charge on any atom is 0.127 e. The van der Waals surface area contributed by atoms with Crippen LogP contribution in [0.25, 0.3) is 0 Å². The number of benzene rings is 1. The third-order valence-electron chi connectivity index (χ3n) is 2.28. The number of nitrogens with zero attached hydrogens (tertiary/aromatic N) is 2. The molecule has 0 amide bonds. The molecule has 1 aromatic rings. The van der Waals surface area contributed by atoms with Gasteiger partial charge in [0.1, 0.15) is 11.6 Å². The number of hydrogen-bond donors (Lipinski definition) is 0. The SMILES string of the molecule is CC(C#N)N(C)Cc1cc(F)ccc1F. The normalized spacial score (nSPS) is 12.5. The summed E-state index contributed by atoms with van der Waals surface area (Å²) in [7, 11) is 1.69. The van der Waals surface area contributed by atoms with E-state index in [0.717, 1.165) is 18.2 Å². The van der Waals surface area contributed by atoms with E-state index in [-0.39, 0.29) is 18.2 Å². The van der Waals surface area contributed by atoms with Crippen LogP contribution in [0.5, 0.6) is 0 Å². The quantitative estimate of drug-likeness (QED) is 0.765. The molecule has 0 aliphatic rings. The van der Waals surface area contributed by atoms with Gasteiger partial charge in [-0.2, -0.15) is 5.26 Å². The van der Waals surface area contributed by atoms with Gasteiger partial charge < -0.3 is 0 Å². The lowest BCUT2D eigenvalue weighted by Gasteiger charge is -2.19. The van der Waals surface area contributed by atoms with Crippen molar-refractivity contribution in [2.75, 3.05) is 7.05 Å². The molecular weight excluding hydrogens is 198 g/mol. The van der Waals surface area contributed by atoms with Gasteiger partial charge in [-0.3, -0.25) is 4.90 Å². The Labute approximate surface area is 87.7 Å². The molecule has 0 aliphatic carbocycles. The predicted molar refractivity (Wildman–Crippen MR) is 52.9 cm³/mol. The van der Waals surface area contributed by atoms with Crippen LogP contribution in [0.15, 0.2) is 18.2 Å². The largest absolute Gasteiger partial charge is 0.287 e. The summed E-state index contributed by atoms with van der Waals surface area (Å²) in [6, 6.07) is 5.02. The Balaban J connectivity index is 2.81. The number of hydrogen-bond acceptors (Lipinski definition) is 2. The molecule has 0 saturated carbocycles. The summed E-state index contributed by atoms with van der Waals surface area (Å²) in [6.45, 7) is 1.93. The molecule has 1 atom stereocenters. The Morgan fingerprint density at radius 1 is 1.47 bits per heavy atom. The second-order valence-electron chi connectivity index (χ2n) is 3.46. The molecule has 0 heterocycles. The summed E-state index contributed by atoms with van der Waals surface area (Å²) in [6.07, 6.45) is 0. The molecule has 0 N–H and O–H groups in total. The van der Waals surface area contributed by atoms with Gasteiger partial charge in [0, 0.05) is 12.1 Å². The van der Waals surface area contributed by atoms with E-state index in [1.54, 1.807) is 18.9 Å². The van der Waals surface area contributed by atoms with Gasteiger partial charge in [0.2, 0.25) is 0 Å². The second kappa shape index (κ2) is 4.85. The molecule has 0 spiro atoms. The van der Waals surface area contributed by atoms with Crippen LogP contribution in [0.2, 0.25) is 0 Å². The molecule has 1 aromatic carbocycles. The fourth-order valence-electron chi connectivity index (χ4n) is 1.17. The Hall–Kier alpha value is -1.47. The van der Waals surface area contributed by atoms with Crippen molar-refractivity contribution in [3.63, 3.8) is 0 Å². The van der Waals surface area contributed by atoms with Gasteiger partial charge >= 0.3 is 0 Å². The van der Waals surface area contributed by atoms with Crippen LogP contribution in [-0.2, 0) is 6.54 Å². The van der Waals surface area contributed by atoms with Crippen molar-refractivity contribution in [3.05, 3.63) is 35.4 Å². The smallest absolute Gasteiger partial charge is 0.127 e. The van der Waals surface area contributed by atoms with Gasteiger partial charge in [0.15, 0.2) is 0 Å². The molecule has 0 saturated heterocycles. The Bertz CT molecular complexity index is 385. The van der Waals surface area contributed by atoms with Gasteiger partial charge in [-0.15, -0.1) is 0 Å². The van der Waals surface area contributed by atoms with Crippen LogP contribution >= 0.6 is 0 Å². The number of halogens is 2. The monoisotopic (exact) mass is 210 g/mol. The summed E-state index contributed by atoms with van der Waals surface area (Å²) in [5.41, 5.74) is 0.264. The second-order valence-corrected chi connectivity index (χ2v) is 3.46. The minimum absolute atomic E-state index is 0.221. The fraction of sp³-hybridized carbons (Fsp3) is 0.364. The third-order valence-corrected chi connectivity index (χ3v) is 2.28. The average Bonchev–Trinajstić information content (AvgIpc) is 2.22. The lowest BCUT2D eigenvalue weighted by Crippen LogP contribution is -2.27. The summed E-state index contributed by atoms with van der Waals surface area (Å²) in [4.78, 5) is 1.65. The molecular formula is C11H12F2N2. The van der Waals surface area contributed by atoms with E-state index >= 15 is 0 Å². The molecule has 0 aromatic heterocycles. The highest BCUT2D eigenvalue weighted by Crippen LogP contribution is 2.12. The summed E-state index contributed by atoms with van der Waals surface area (Å²) in [5.74, 6) is -0.919. The van der Waals surface area contributed by atoms with Crippen molar-refractivity contribution in [2.24, 2.45) is 0 Å². The van der Waals surface area contributed by atoms with Crippen molar-refractivity contribution in [1.29, 1.82) is 5.26 Å². The molecule has 80 valence electrons. The molecule has 4 heteroatoms. The van der Waals surface area contributed by atoms with Crippen molar-refractivity contribution in [3.8, 4) is 6.07 Å². The molecule has 2 nitrogen and oxygen atoms in total. The van der Waals surface area contributed by atoms with Crippen LogP contribution < -0.4 is 0 Å². The predicted octanol–water partition coefficient (Wildman–Crippen LogP) is 2.31. The zero-order valence-corrected chi connectivity index (χ0v) is 8.67. The van der Waals surface area contributed by atoms with E-state index in [4.69, 9.17) is 5.26 Å². The first kappa shape index (κ1) is 11.6. The van der Waals surface area contributed by atoms with E-state index < -0.39 is 11.6 Å². The summed E-state index contributed by atoms with van der Waals surface area (Å²) in [5, 5.41) is 8.65. The lowest BCUT2D eigenvalue weighted by atomic mass is 10.2. The van der Waals surface area contributed by atoms with E-state index in [2.05, 4.69) is 0 Å². The zero-order chi connectivity index (χ0) is 11.4. The van der Waals surface area contributed by atoms with Crippen LogP contribution in [0, 0.1) is 23.0 Å². The number of rotatable bonds is 3. The van der Waals surface area contributed by atoms with E-state index in [1.165, 1.54) is 0 Å². The molecule has 0 fully saturated rings. The van der Waals surface area contributed by atoms with Crippen LogP contribution in [0.1, 0.15) is 12.5 Å². The minimum atomic E-state index is -0.468. The highest BCUT2D eigenvalue weighted by Gasteiger charge is 2.11. The number of nitriles is 1. The van der Waals surface area contributed by atoms with E-state index in [0.29, 0.717) is 0 Å². The van der Waals surface area contributed by atoms with E-state index in [1.807, 2.05) is 6.07 Å². The first-order chi connectivity index (χ1) is 7.04. The van der Waals surface area contributed by atoms with Gasteiger partial charge in [-0.1, -0.05) is 0 Å². The molecule has 0 bridgehead atoms. The van der Waals surface area contributed by atoms with Crippen molar-refractivity contribution >= 4 is 0 Å². The van der Waals surface area contributed by atoms with Gasteiger partial charge in [0.25, 0.3) is 0 Å². The van der Waals surface area contributed by atoms with Crippen LogP contribution in [-0.4, -0.2) is 18.0 Å². The topological polar surface area (TPSA) is 27.0 Å². The lowest BCUT2D eigenvalue weighted by molar-refractivity contribution is 0.289. The van der Waals surface area contributed by atoms with Gasteiger partial charge in [-0.05, 0) is 32.2 Å². The molecule has 1 unspecified atom stereocenters. The maximum absolute atomic E-state index is 13.2.